The molecule has 2 nitrogen and oxygen atoms in total. The van der Waals surface area contributed by atoms with Crippen molar-refractivity contribution in [2.24, 2.45) is 0 Å². The van der Waals surface area contributed by atoms with E-state index in [2.05, 4.69) is 25.1 Å². The number of methoxy groups -OCH3 is 2. The van der Waals surface area contributed by atoms with Gasteiger partial charge in [0, 0.05) is 10.8 Å². The van der Waals surface area contributed by atoms with Gasteiger partial charge in [0.1, 0.15) is 11.5 Å². The molecule has 0 unspecified atom stereocenters. The van der Waals surface area contributed by atoms with Gasteiger partial charge in [-0.2, -0.15) is 6.42 Å². The predicted molar refractivity (Wildman–Crippen MR) is 71.9 cm³/mol. The first kappa shape index (κ1) is 17.5. The molecule has 0 N–H and O–H groups in total. The Morgan fingerprint density at radius 2 is 1.50 bits per heavy atom. The fourth-order valence-electron chi connectivity index (χ4n) is 1.85. The van der Waals surface area contributed by atoms with Gasteiger partial charge in [0.05, 0.1) is 14.2 Å². The molecule has 2 aromatic rings. The minimum Gasteiger partial charge on any atom is -1.00 e. The van der Waals surface area contributed by atoms with Gasteiger partial charge in [-0.3, -0.25) is 0 Å². The molecule has 0 radical (unpaired) electrons. The molecule has 4 heteroatoms. The first-order valence-electron chi connectivity index (χ1n) is 5.23. The molecule has 0 amide bonds. The molecule has 0 saturated carbocycles. The minimum absolute atomic E-state index is 0. The standard InChI is InChI=1S/C14H15O2.BrH.Mg/c1-4-10-5-6-11-12(9-10)14(16-3)8-7-13(11)15-2;;/h5-9H,1,4H2,2-3H3;1H;/q-1;;+2/p-1. The Bertz CT molecular complexity index is 514. The van der Waals surface area contributed by atoms with E-state index in [1.807, 2.05) is 12.1 Å². The summed E-state index contributed by atoms with van der Waals surface area (Å²) in [6.45, 7) is 3.89. The molecule has 0 bridgehead atoms. The summed E-state index contributed by atoms with van der Waals surface area (Å²) < 4.78 is 10.7. The molecule has 0 aliphatic heterocycles. The van der Waals surface area contributed by atoms with Crippen LogP contribution in [0.1, 0.15) is 5.56 Å². The molecule has 92 valence electrons. The Kier molecular flexibility index (Phi) is 7.67. The zero-order chi connectivity index (χ0) is 11.5. The van der Waals surface area contributed by atoms with Crippen LogP contribution in [0.15, 0.2) is 30.3 Å². The van der Waals surface area contributed by atoms with Gasteiger partial charge in [0.15, 0.2) is 0 Å². The summed E-state index contributed by atoms with van der Waals surface area (Å²) in [5.74, 6) is 1.73. The molecule has 0 saturated heterocycles. The minimum atomic E-state index is 0. The molecule has 0 spiro atoms. The Labute approximate surface area is 135 Å². The van der Waals surface area contributed by atoms with E-state index < -0.39 is 0 Å². The number of hydrogen-bond donors (Lipinski definition) is 0. The average Bonchev–Trinajstić information content (AvgIpc) is 2.36. The van der Waals surface area contributed by atoms with Gasteiger partial charge >= 0.3 is 23.1 Å². The second-order valence-electron chi connectivity index (χ2n) is 3.60. The van der Waals surface area contributed by atoms with Crippen LogP contribution in [0.4, 0.5) is 0 Å². The van der Waals surface area contributed by atoms with Gasteiger partial charge in [0.2, 0.25) is 0 Å². The molecule has 0 heterocycles. The summed E-state index contributed by atoms with van der Waals surface area (Å²) in [6, 6.07) is 10.1. The van der Waals surface area contributed by atoms with Gasteiger partial charge < -0.3 is 33.4 Å². The van der Waals surface area contributed by atoms with E-state index in [0.717, 1.165) is 28.7 Å². The van der Waals surface area contributed by atoms with Crippen LogP contribution >= 0.6 is 0 Å². The maximum Gasteiger partial charge on any atom is 2.00 e. The second kappa shape index (κ2) is 7.87. The van der Waals surface area contributed by atoms with Crippen molar-refractivity contribution in [1.82, 2.24) is 0 Å². The first-order chi connectivity index (χ1) is 7.80. The molecule has 0 aliphatic carbocycles. The van der Waals surface area contributed by atoms with Crippen LogP contribution in [0.2, 0.25) is 0 Å². The third-order valence-corrected chi connectivity index (χ3v) is 2.73. The molecule has 2 aromatic carbocycles. The van der Waals surface area contributed by atoms with Crippen molar-refractivity contribution in [1.29, 1.82) is 0 Å². The molecule has 0 aromatic heterocycles. The third kappa shape index (κ3) is 3.31. The van der Waals surface area contributed by atoms with Crippen LogP contribution in [0.25, 0.3) is 10.8 Å². The molecule has 0 fully saturated rings. The van der Waals surface area contributed by atoms with Crippen LogP contribution in [0.5, 0.6) is 11.5 Å². The van der Waals surface area contributed by atoms with Crippen LogP contribution in [-0.2, 0) is 6.42 Å². The van der Waals surface area contributed by atoms with E-state index in [-0.39, 0.29) is 40.0 Å². The van der Waals surface area contributed by atoms with Gasteiger partial charge in [-0.15, -0.1) is 0 Å². The summed E-state index contributed by atoms with van der Waals surface area (Å²) in [5.41, 5.74) is 1.19. The van der Waals surface area contributed by atoms with Gasteiger partial charge in [-0.05, 0) is 18.2 Å². The van der Waals surface area contributed by atoms with E-state index in [9.17, 15) is 0 Å². The molecule has 0 aliphatic rings. The van der Waals surface area contributed by atoms with Crippen molar-refractivity contribution in [3.8, 4) is 11.5 Å². The van der Waals surface area contributed by atoms with E-state index >= 15 is 0 Å². The molecular formula is C14H15BrMgO2. The van der Waals surface area contributed by atoms with Crippen molar-refractivity contribution in [3.63, 3.8) is 0 Å². The Balaban J connectivity index is 0.00000144. The summed E-state index contributed by atoms with van der Waals surface area (Å²) in [7, 11) is 3.36. The summed E-state index contributed by atoms with van der Waals surface area (Å²) >= 11 is 0. The number of rotatable bonds is 3. The van der Waals surface area contributed by atoms with Crippen molar-refractivity contribution >= 4 is 33.8 Å². The van der Waals surface area contributed by atoms with E-state index in [0.29, 0.717) is 0 Å². The van der Waals surface area contributed by atoms with Crippen LogP contribution in [-0.4, -0.2) is 37.3 Å². The van der Waals surface area contributed by atoms with Crippen LogP contribution in [0, 0.1) is 6.92 Å². The summed E-state index contributed by atoms with van der Waals surface area (Å²) in [4.78, 5) is 0. The fourth-order valence-corrected chi connectivity index (χ4v) is 1.85. The van der Waals surface area contributed by atoms with Crippen molar-refractivity contribution in [2.45, 2.75) is 6.42 Å². The van der Waals surface area contributed by atoms with Crippen LogP contribution in [0.3, 0.4) is 0 Å². The van der Waals surface area contributed by atoms with E-state index in [1.54, 1.807) is 14.2 Å². The monoisotopic (exact) mass is 318 g/mol. The van der Waals surface area contributed by atoms with E-state index in [4.69, 9.17) is 9.47 Å². The Morgan fingerprint density at radius 1 is 0.944 bits per heavy atom. The zero-order valence-corrected chi connectivity index (χ0v) is 13.7. The normalized spacial score (nSPS) is 9.28. The number of benzene rings is 2. The summed E-state index contributed by atoms with van der Waals surface area (Å²) in [6.07, 6.45) is 0.774. The number of ether oxygens (including phenoxy) is 2. The second-order valence-corrected chi connectivity index (χ2v) is 3.60. The fraction of sp³-hybridized carbons (Fsp3) is 0.214. The Morgan fingerprint density at radius 3 is 2.00 bits per heavy atom. The number of hydrogen-bond acceptors (Lipinski definition) is 2. The van der Waals surface area contributed by atoms with Gasteiger partial charge in [0.25, 0.3) is 0 Å². The molecule has 2 rings (SSSR count). The van der Waals surface area contributed by atoms with Crippen molar-refractivity contribution < 1.29 is 26.5 Å². The predicted octanol–water partition coefficient (Wildman–Crippen LogP) is -0.143. The smallest absolute Gasteiger partial charge is 1.00 e. The topological polar surface area (TPSA) is 18.5 Å². The maximum absolute atomic E-state index is 5.35. The van der Waals surface area contributed by atoms with Crippen molar-refractivity contribution in [2.75, 3.05) is 14.2 Å². The molecule has 0 atom stereocenters. The maximum atomic E-state index is 5.35. The zero-order valence-electron chi connectivity index (χ0n) is 10.7. The Hall–Kier alpha value is -0.454. The third-order valence-electron chi connectivity index (χ3n) is 2.73. The average molecular weight is 319 g/mol. The van der Waals surface area contributed by atoms with Crippen LogP contribution < -0.4 is 26.5 Å². The van der Waals surface area contributed by atoms with E-state index in [1.165, 1.54) is 5.56 Å². The first-order valence-corrected chi connectivity index (χ1v) is 5.23. The number of halogens is 1. The van der Waals surface area contributed by atoms with Crippen molar-refractivity contribution in [3.05, 3.63) is 42.8 Å². The number of fused-ring (bicyclic) bond motifs is 1. The van der Waals surface area contributed by atoms with Gasteiger partial charge in [-0.25, -0.2) is 0 Å². The SMILES string of the molecule is [Br-].[CH2-]Cc1ccc2c(OC)ccc(OC)c2c1.[Mg+2]. The quantitative estimate of drug-likeness (QED) is 0.579. The molecular weight excluding hydrogens is 304 g/mol. The van der Waals surface area contributed by atoms with Gasteiger partial charge in [-0.1, -0.05) is 17.7 Å². The summed E-state index contributed by atoms with van der Waals surface area (Å²) in [5, 5.41) is 2.14. The molecule has 18 heavy (non-hydrogen) atoms. The largest absolute Gasteiger partial charge is 2.00 e.